The molecule has 23 heavy (non-hydrogen) atoms. The van der Waals surface area contributed by atoms with Gasteiger partial charge in [-0.2, -0.15) is 0 Å². The van der Waals surface area contributed by atoms with E-state index >= 15 is 0 Å². The van der Waals surface area contributed by atoms with E-state index in [0.29, 0.717) is 6.04 Å². The lowest BCUT2D eigenvalue weighted by molar-refractivity contribution is 0.145. The van der Waals surface area contributed by atoms with E-state index in [0.717, 1.165) is 57.2 Å². The Morgan fingerprint density at radius 2 is 2.17 bits per heavy atom. The number of hydrogen-bond acceptors (Lipinski definition) is 4. The van der Waals surface area contributed by atoms with Crippen molar-refractivity contribution >= 4 is 41.3 Å². The lowest BCUT2D eigenvalue weighted by Crippen LogP contribution is -2.41. The Labute approximate surface area is 161 Å². The van der Waals surface area contributed by atoms with Crippen LogP contribution >= 0.6 is 35.3 Å². The maximum atomic E-state index is 5.34. The number of rotatable bonds is 10. The highest BCUT2D eigenvalue weighted by atomic mass is 127. The molecule has 7 heteroatoms. The van der Waals surface area contributed by atoms with Crippen molar-refractivity contribution < 1.29 is 4.74 Å². The fourth-order valence-corrected chi connectivity index (χ4v) is 2.71. The van der Waals surface area contributed by atoms with E-state index < -0.39 is 0 Å². The highest BCUT2D eigenvalue weighted by molar-refractivity contribution is 14.0. The van der Waals surface area contributed by atoms with E-state index in [1.165, 1.54) is 5.01 Å². The van der Waals surface area contributed by atoms with Gasteiger partial charge in [-0.1, -0.05) is 0 Å². The summed E-state index contributed by atoms with van der Waals surface area (Å²) in [5.74, 6) is 0.891. The summed E-state index contributed by atoms with van der Waals surface area (Å²) in [6.45, 7) is 11.6. The van der Waals surface area contributed by atoms with E-state index in [1.54, 1.807) is 11.3 Å². The van der Waals surface area contributed by atoms with Crippen molar-refractivity contribution in [2.45, 2.75) is 53.0 Å². The number of halogens is 1. The molecule has 0 unspecified atom stereocenters. The molecule has 0 saturated heterocycles. The SMILES string of the molecule is CCOCCCNC(=NCCCc1nc(C)cs1)NC(C)C.I. The van der Waals surface area contributed by atoms with Gasteiger partial charge in [0.1, 0.15) is 0 Å². The van der Waals surface area contributed by atoms with Crippen LogP contribution < -0.4 is 10.6 Å². The predicted octanol–water partition coefficient (Wildman–Crippen LogP) is 3.37. The molecule has 0 aliphatic carbocycles. The van der Waals surface area contributed by atoms with Gasteiger partial charge in [-0.25, -0.2) is 4.98 Å². The van der Waals surface area contributed by atoms with Gasteiger partial charge >= 0.3 is 0 Å². The molecular formula is C16H31IN4OS. The highest BCUT2D eigenvalue weighted by Gasteiger charge is 2.02. The van der Waals surface area contributed by atoms with Gasteiger partial charge in [0.15, 0.2) is 5.96 Å². The first-order chi connectivity index (χ1) is 10.6. The zero-order chi connectivity index (χ0) is 16.2. The second-order valence-corrected chi connectivity index (χ2v) is 6.44. The first kappa shape index (κ1) is 22.6. The van der Waals surface area contributed by atoms with Crippen LogP contribution in [0.1, 0.15) is 44.3 Å². The minimum atomic E-state index is 0. The molecule has 0 spiro atoms. The molecule has 0 saturated carbocycles. The lowest BCUT2D eigenvalue weighted by Gasteiger charge is -2.15. The Morgan fingerprint density at radius 1 is 1.39 bits per heavy atom. The lowest BCUT2D eigenvalue weighted by atomic mass is 10.3. The predicted molar refractivity (Wildman–Crippen MR) is 110 cm³/mol. The molecule has 0 aliphatic rings. The molecule has 0 radical (unpaired) electrons. The summed E-state index contributed by atoms with van der Waals surface area (Å²) in [6, 6.07) is 0.375. The number of aliphatic imine (C=N–C) groups is 1. The summed E-state index contributed by atoms with van der Waals surface area (Å²) in [6.07, 6.45) is 3.02. The van der Waals surface area contributed by atoms with E-state index in [2.05, 4.69) is 39.8 Å². The minimum Gasteiger partial charge on any atom is -0.382 e. The molecule has 1 aromatic rings. The molecule has 1 rings (SSSR count). The van der Waals surface area contributed by atoms with Crippen molar-refractivity contribution in [2.24, 2.45) is 4.99 Å². The summed E-state index contributed by atoms with van der Waals surface area (Å²) in [5, 5.41) is 10.0. The Morgan fingerprint density at radius 3 is 2.78 bits per heavy atom. The summed E-state index contributed by atoms with van der Waals surface area (Å²) >= 11 is 1.74. The number of hydrogen-bond donors (Lipinski definition) is 2. The van der Waals surface area contributed by atoms with Crippen LogP contribution in [0.4, 0.5) is 0 Å². The number of guanidine groups is 1. The monoisotopic (exact) mass is 454 g/mol. The van der Waals surface area contributed by atoms with Gasteiger partial charge in [-0.15, -0.1) is 35.3 Å². The van der Waals surface area contributed by atoms with Crippen LogP contribution in [0.5, 0.6) is 0 Å². The molecule has 1 aromatic heterocycles. The average molecular weight is 454 g/mol. The fourth-order valence-electron chi connectivity index (χ4n) is 1.89. The molecule has 0 aromatic carbocycles. The summed E-state index contributed by atoms with van der Waals surface area (Å²) in [4.78, 5) is 9.11. The largest absolute Gasteiger partial charge is 0.382 e. The molecule has 0 bridgehead atoms. The molecule has 2 N–H and O–H groups in total. The maximum absolute atomic E-state index is 5.34. The number of ether oxygens (including phenoxy) is 1. The van der Waals surface area contributed by atoms with Crippen LogP contribution in [-0.2, 0) is 11.2 Å². The third-order valence-electron chi connectivity index (χ3n) is 2.87. The first-order valence-electron chi connectivity index (χ1n) is 8.15. The molecule has 0 aliphatic heterocycles. The minimum absolute atomic E-state index is 0. The summed E-state index contributed by atoms with van der Waals surface area (Å²) < 4.78 is 5.34. The molecule has 5 nitrogen and oxygen atoms in total. The zero-order valence-electron chi connectivity index (χ0n) is 14.7. The standard InChI is InChI=1S/C16H30N4OS.HI/c1-5-21-11-7-10-18-16(19-13(2)3)17-9-6-8-15-20-14(4)12-22-15;/h12-13H,5-11H2,1-4H3,(H2,17,18,19);1H. The molecule has 0 amide bonds. The topological polar surface area (TPSA) is 58.5 Å². The van der Waals surface area contributed by atoms with E-state index in [9.17, 15) is 0 Å². The maximum Gasteiger partial charge on any atom is 0.191 e. The van der Waals surface area contributed by atoms with Crippen molar-refractivity contribution in [1.82, 2.24) is 15.6 Å². The Balaban J connectivity index is 0.00000484. The fraction of sp³-hybridized carbons (Fsp3) is 0.750. The van der Waals surface area contributed by atoms with Gasteiger partial charge in [0, 0.05) is 49.8 Å². The average Bonchev–Trinajstić information content (AvgIpc) is 2.88. The Bertz CT molecular complexity index is 437. The van der Waals surface area contributed by atoms with Gasteiger partial charge in [0.05, 0.1) is 5.01 Å². The van der Waals surface area contributed by atoms with Crippen LogP contribution in [0.2, 0.25) is 0 Å². The quantitative estimate of drug-likeness (QED) is 0.246. The van der Waals surface area contributed by atoms with Gasteiger partial charge < -0.3 is 15.4 Å². The van der Waals surface area contributed by atoms with Crippen molar-refractivity contribution in [3.63, 3.8) is 0 Å². The van der Waals surface area contributed by atoms with E-state index in [1.807, 2.05) is 13.8 Å². The molecular weight excluding hydrogens is 423 g/mol. The highest BCUT2D eigenvalue weighted by Crippen LogP contribution is 2.10. The summed E-state index contributed by atoms with van der Waals surface area (Å²) in [7, 11) is 0. The van der Waals surface area contributed by atoms with E-state index in [4.69, 9.17) is 4.74 Å². The first-order valence-corrected chi connectivity index (χ1v) is 9.03. The number of nitrogens with one attached hydrogen (secondary N) is 2. The van der Waals surface area contributed by atoms with Gasteiger partial charge in [-0.3, -0.25) is 4.99 Å². The summed E-state index contributed by atoms with van der Waals surface area (Å²) in [5.41, 5.74) is 1.11. The second kappa shape index (κ2) is 14.0. The van der Waals surface area contributed by atoms with Crippen molar-refractivity contribution in [3.8, 4) is 0 Å². The number of thiazole rings is 1. The van der Waals surface area contributed by atoms with Gasteiger partial charge in [0.25, 0.3) is 0 Å². The normalized spacial score (nSPS) is 11.4. The number of nitrogens with zero attached hydrogens (tertiary/aromatic N) is 2. The smallest absolute Gasteiger partial charge is 0.191 e. The number of aromatic nitrogens is 1. The van der Waals surface area contributed by atoms with E-state index in [-0.39, 0.29) is 24.0 Å². The van der Waals surface area contributed by atoms with Crippen molar-refractivity contribution in [1.29, 1.82) is 0 Å². The second-order valence-electron chi connectivity index (χ2n) is 5.49. The van der Waals surface area contributed by atoms with Gasteiger partial charge in [-0.05, 0) is 40.5 Å². The van der Waals surface area contributed by atoms with Crippen LogP contribution in [0.3, 0.4) is 0 Å². The Hall–Kier alpha value is -0.410. The van der Waals surface area contributed by atoms with Crippen LogP contribution in [0.25, 0.3) is 0 Å². The van der Waals surface area contributed by atoms with Crippen LogP contribution in [0.15, 0.2) is 10.4 Å². The third kappa shape index (κ3) is 11.7. The van der Waals surface area contributed by atoms with Crippen LogP contribution in [-0.4, -0.2) is 43.3 Å². The third-order valence-corrected chi connectivity index (χ3v) is 3.90. The van der Waals surface area contributed by atoms with Crippen molar-refractivity contribution in [3.05, 3.63) is 16.1 Å². The Kier molecular flexibility index (Phi) is 13.7. The molecule has 0 atom stereocenters. The van der Waals surface area contributed by atoms with Gasteiger partial charge in [0.2, 0.25) is 0 Å². The van der Waals surface area contributed by atoms with Crippen molar-refractivity contribution in [2.75, 3.05) is 26.3 Å². The van der Waals surface area contributed by atoms with Crippen LogP contribution in [0, 0.1) is 6.92 Å². The molecule has 134 valence electrons. The number of aryl methyl sites for hydroxylation is 2. The zero-order valence-corrected chi connectivity index (χ0v) is 17.9. The molecule has 0 fully saturated rings. The molecule has 1 heterocycles.